The predicted octanol–water partition coefficient (Wildman–Crippen LogP) is 4.48. The summed E-state index contributed by atoms with van der Waals surface area (Å²) >= 11 is 6.19. The van der Waals surface area contributed by atoms with E-state index in [1.165, 1.54) is 0 Å². The summed E-state index contributed by atoms with van der Waals surface area (Å²) in [4.78, 5) is 19.8. The molecule has 0 aliphatic carbocycles. The minimum atomic E-state index is 0.0522. The molecule has 5 heteroatoms. The maximum atomic E-state index is 13.1. The summed E-state index contributed by atoms with van der Waals surface area (Å²) in [5.74, 6) is 0.110. The maximum Gasteiger partial charge on any atom is 0.256 e. The van der Waals surface area contributed by atoms with Gasteiger partial charge in [-0.1, -0.05) is 35.9 Å². The molecule has 0 unspecified atom stereocenters. The number of benzene rings is 2. The molecule has 0 bridgehead atoms. The molecule has 25 heavy (non-hydrogen) atoms. The van der Waals surface area contributed by atoms with Gasteiger partial charge in [0.15, 0.2) is 0 Å². The van der Waals surface area contributed by atoms with Crippen LogP contribution in [-0.2, 0) is 0 Å². The molecule has 1 amide bonds. The van der Waals surface area contributed by atoms with Crippen LogP contribution in [0.3, 0.4) is 0 Å². The fraction of sp³-hybridized carbons (Fsp3) is 0.200. The lowest BCUT2D eigenvalue weighted by Crippen LogP contribution is -2.29. The number of hydrogen-bond donors (Lipinski definition) is 0. The Hall–Kier alpha value is -2.59. The lowest BCUT2D eigenvalue weighted by molar-refractivity contribution is 0.0739. The molecule has 1 saturated heterocycles. The first-order valence-electron chi connectivity index (χ1n) is 8.47. The number of halogens is 1. The zero-order valence-corrected chi connectivity index (χ0v) is 14.3. The van der Waals surface area contributed by atoms with Gasteiger partial charge in [0.05, 0.1) is 28.7 Å². The Morgan fingerprint density at radius 2 is 2.00 bits per heavy atom. The predicted molar refractivity (Wildman–Crippen MR) is 97.0 cm³/mol. The highest BCUT2D eigenvalue weighted by Crippen LogP contribution is 2.42. The van der Waals surface area contributed by atoms with Crippen molar-refractivity contribution in [3.8, 4) is 16.9 Å². The number of hydrogen-bond acceptors (Lipinski definition) is 2. The Bertz CT molecular complexity index is 994. The van der Waals surface area contributed by atoms with Crippen molar-refractivity contribution in [2.24, 2.45) is 0 Å². The Morgan fingerprint density at radius 1 is 1.12 bits per heavy atom. The van der Waals surface area contributed by atoms with Gasteiger partial charge < -0.3 is 4.90 Å². The lowest BCUT2D eigenvalue weighted by Gasteiger charge is -2.23. The highest BCUT2D eigenvalue weighted by molar-refractivity contribution is 6.30. The van der Waals surface area contributed by atoms with Crippen LogP contribution in [0, 0.1) is 0 Å². The average Bonchev–Trinajstić information content (AvgIpc) is 3.26. The minimum absolute atomic E-state index is 0.0522. The third-order valence-electron chi connectivity index (χ3n) is 5.13. The fourth-order valence-electron chi connectivity index (χ4n) is 4.04. The van der Waals surface area contributed by atoms with E-state index in [0.29, 0.717) is 5.02 Å². The van der Waals surface area contributed by atoms with Gasteiger partial charge in [-0.3, -0.25) is 9.36 Å². The van der Waals surface area contributed by atoms with Crippen molar-refractivity contribution in [3.05, 3.63) is 71.1 Å². The normalized spacial score (nSPS) is 18.5. The molecule has 3 aromatic rings. The number of carbonyl (C=O) groups excluding carboxylic acids is 1. The maximum absolute atomic E-state index is 13.1. The highest BCUT2D eigenvalue weighted by atomic mass is 35.5. The first kappa shape index (κ1) is 14.7. The van der Waals surface area contributed by atoms with Gasteiger partial charge in [0.2, 0.25) is 0 Å². The van der Waals surface area contributed by atoms with Crippen molar-refractivity contribution in [3.63, 3.8) is 0 Å². The number of nitrogens with zero attached hydrogens (tertiary/aromatic N) is 3. The Kier molecular flexibility index (Phi) is 3.22. The molecular formula is C20H16ClN3O. The van der Waals surface area contributed by atoms with E-state index < -0.39 is 0 Å². The standard InChI is InChI=1S/C20H16ClN3O/c21-14-6-3-5-13(11-14)18-19-17-9-4-10-23(17)20(25)15-7-1-2-8-16(15)24(19)12-22-18/h1-3,5-8,11-12,17H,4,9-10H2/t17-/m0/s1. The van der Waals surface area contributed by atoms with Crippen LogP contribution >= 0.6 is 11.6 Å². The summed E-state index contributed by atoms with van der Waals surface area (Å²) in [7, 11) is 0. The van der Waals surface area contributed by atoms with Crippen molar-refractivity contribution in [1.82, 2.24) is 14.5 Å². The summed E-state index contributed by atoms with van der Waals surface area (Å²) in [6, 6.07) is 15.6. The second-order valence-corrected chi connectivity index (χ2v) is 6.97. The molecule has 0 spiro atoms. The molecule has 1 fully saturated rings. The van der Waals surface area contributed by atoms with Crippen molar-refractivity contribution in [2.45, 2.75) is 18.9 Å². The number of carbonyl (C=O) groups is 1. The molecule has 2 aliphatic heterocycles. The molecule has 2 aromatic carbocycles. The minimum Gasteiger partial charge on any atom is -0.330 e. The third-order valence-corrected chi connectivity index (χ3v) is 5.36. The summed E-state index contributed by atoms with van der Waals surface area (Å²) in [6.45, 7) is 0.790. The molecular weight excluding hydrogens is 334 g/mol. The van der Waals surface area contributed by atoms with Gasteiger partial charge in [-0.15, -0.1) is 0 Å². The van der Waals surface area contributed by atoms with E-state index >= 15 is 0 Å². The van der Waals surface area contributed by atoms with Crippen LogP contribution in [0.15, 0.2) is 54.9 Å². The summed E-state index contributed by atoms with van der Waals surface area (Å²) in [5, 5.41) is 0.688. The van der Waals surface area contributed by atoms with Crippen molar-refractivity contribution < 1.29 is 4.79 Å². The van der Waals surface area contributed by atoms with Crippen LogP contribution in [-0.4, -0.2) is 26.9 Å². The summed E-state index contributed by atoms with van der Waals surface area (Å²) in [5.41, 5.74) is 4.61. The molecule has 0 N–H and O–H groups in total. The average molecular weight is 350 g/mol. The van der Waals surface area contributed by atoms with Crippen molar-refractivity contribution >= 4 is 17.5 Å². The second-order valence-electron chi connectivity index (χ2n) is 6.53. The van der Waals surface area contributed by atoms with Crippen LogP contribution in [0.25, 0.3) is 16.9 Å². The fourth-order valence-corrected chi connectivity index (χ4v) is 4.23. The van der Waals surface area contributed by atoms with Gasteiger partial charge in [0.1, 0.15) is 6.33 Å². The first-order chi connectivity index (χ1) is 12.2. The SMILES string of the molecule is O=C1c2ccccc2-n2cnc(-c3cccc(Cl)c3)c2[C@@H]2CCCN12. The molecule has 124 valence electrons. The van der Waals surface area contributed by atoms with Crippen LogP contribution in [0.4, 0.5) is 0 Å². The van der Waals surface area contributed by atoms with Gasteiger partial charge in [-0.05, 0) is 37.1 Å². The molecule has 0 radical (unpaired) electrons. The Morgan fingerprint density at radius 3 is 2.88 bits per heavy atom. The monoisotopic (exact) mass is 349 g/mol. The smallest absolute Gasteiger partial charge is 0.256 e. The molecule has 5 rings (SSSR count). The van der Waals surface area contributed by atoms with E-state index in [2.05, 4.69) is 4.57 Å². The Balaban J connectivity index is 1.80. The van der Waals surface area contributed by atoms with Gasteiger partial charge >= 0.3 is 0 Å². The van der Waals surface area contributed by atoms with E-state index in [4.69, 9.17) is 16.6 Å². The zero-order chi connectivity index (χ0) is 17.0. The number of fused-ring (bicyclic) bond motifs is 5. The van der Waals surface area contributed by atoms with Gasteiger partial charge in [0, 0.05) is 17.1 Å². The summed E-state index contributed by atoms with van der Waals surface area (Å²) < 4.78 is 2.08. The number of imidazole rings is 1. The quantitative estimate of drug-likeness (QED) is 0.649. The number of amides is 1. The molecule has 3 heterocycles. The Labute approximate surface area is 150 Å². The van der Waals surface area contributed by atoms with Crippen molar-refractivity contribution in [2.75, 3.05) is 6.54 Å². The van der Waals surface area contributed by atoms with Gasteiger partial charge in [-0.2, -0.15) is 0 Å². The van der Waals surface area contributed by atoms with E-state index in [9.17, 15) is 4.79 Å². The van der Waals surface area contributed by atoms with E-state index in [1.54, 1.807) is 0 Å². The molecule has 4 nitrogen and oxygen atoms in total. The second kappa shape index (κ2) is 5.46. The largest absolute Gasteiger partial charge is 0.330 e. The highest BCUT2D eigenvalue weighted by Gasteiger charge is 2.38. The number of rotatable bonds is 1. The zero-order valence-electron chi connectivity index (χ0n) is 13.5. The summed E-state index contributed by atoms with van der Waals surface area (Å²) in [6.07, 6.45) is 3.80. The van der Waals surface area contributed by atoms with Gasteiger partial charge in [-0.25, -0.2) is 4.98 Å². The van der Waals surface area contributed by atoms with Crippen LogP contribution < -0.4 is 0 Å². The number of aromatic nitrogens is 2. The van der Waals surface area contributed by atoms with E-state index in [1.807, 2.05) is 59.8 Å². The molecule has 1 atom stereocenters. The molecule has 2 aliphatic rings. The van der Waals surface area contributed by atoms with Crippen LogP contribution in [0.2, 0.25) is 5.02 Å². The molecule has 1 aromatic heterocycles. The van der Waals surface area contributed by atoms with Crippen molar-refractivity contribution in [1.29, 1.82) is 0 Å². The van der Waals surface area contributed by atoms with E-state index in [-0.39, 0.29) is 11.9 Å². The topological polar surface area (TPSA) is 38.1 Å². The third kappa shape index (κ3) is 2.14. The number of para-hydroxylation sites is 1. The van der Waals surface area contributed by atoms with Crippen LogP contribution in [0.5, 0.6) is 0 Å². The first-order valence-corrected chi connectivity index (χ1v) is 8.85. The van der Waals surface area contributed by atoms with E-state index in [0.717, 1.165) is 47.6 Å². The van der Waals surface area contributed by atoms with Gasteiger partial charge in [0.25, 0.3) is 5.91 Å². The molecule has 0 saturated carbocycles. The van der Waals surface area contributed by atoms with Crippen LogP contribution in [0.1, 0.15) is 34.9 Å². The lowest BCUT2D eigenvalue weighted by atomic mass is 10.0.